The van der Waals surface area contributed by atoms with Crippen LogP contribution in [0.1, 0.15) is 31.8 Å². The number of thiocarbonyl (C=S) groups is 1. The molecule has 5 nitrogen and oxygen atoms in total. The third kappa shape index (κ3) is 4.62. The van der Waals surface area contributed by atoms with Crippen LogP contribution < -0.4 is 16.2 Å². The third-order valence-electron chi connectivity index (χ3n) is 3.34. The van der Waals surface area contributed by atoms with E-state index in [0.717, 1.165) is 15.6 Å². The number of aryl methyl sites for hydroxylation is 2. The van der Waals surface area contributed by atoms with Crippen LogP contribution >= 0.6 is 28.1 Å². The van der Waals surface area contributed by atoms with Gasteiger partial charge < -0.3 is 0 Å². The lowest BCUT2D eigenvalue weighted by molar-refractivity contribution is 0.0934. The Balaban J connectivity index is 1.91. The van der Waals surface area contributed by atoms with Crippen molar-refractivity contribution in [3.8, 4) is 0 Å². The number of nitrogens with one attached hydrogen (secondary N) is 3. The van der Waals surface area contributed by atoms with E-state index in [0.29, 0.717) is 11.1 Å². The first-order valence-corrected chi connectivity index (χ1v) is 8.32. The number of carbonyl (C=O) groups excluding carboxylic acids is 2. The summed E-state index contributed by atoms with van der Waals surface area (Å²) in [6.07, 6.45) is 0. The standard InChI is InChI=1S/C17H16BrN3O2S/c1-10-5-3-4-6-13(10)16(23)20-21-17(24)19-15(22)12-8-7-11(2)14(18)9-12/h3-9H,1-2H3,(H,20,23)(H2,19,21,22,24). The van der Waals surface area contributed by atoms with Crippen molar-refractivity contribution < 1.29 is 9.59 Å². The first-order chi connectivity index (χ1) is 11.4. The fourth-order valence-corrected chi connectivity index (χ4v) is 2.47. The second kappa shape index (κ2) is 8.03. The SMILES string of the molecule is Cc1ccc(C(=O)NC(=S)NNC(=O)c2ccccc2C)cc1Br. The topological polar surface area (TPSA) is 70.2 Å². The molecule has 0 saturated heterocycles. The Morgan fingerprint density at radius 3 is 2.33 bits per heavy atom. The van der Waals surface area contributed by atoms with Gasteiger partial charge in [0.15, 0.2) is 5.11 Å². The fourth-order valence-electron chi connectivity index (χ4n) is 1.95. The minimum atomic E-state index is -0.363. The van der Waals surface area contributed by atoms with Crippen molar-refractivity contribution in [1.82, 2.24) is 16.2 Å². The number of hydrogen-bond acceptors (Lipinski definition) is 3. The van der Waals surface area contributed by atoms with Crippen molar-refractivity contribution in [2.24, 2.45) is 0 Å². The van der Waals surface area contributed by atoms with Crippen LogP contribution in [0.2, 0.25) is 0 Å². The van der Waals surface area contributed by atoms with Crippen LogP contribution in [-0.4, -0.2) is 16.9 Å². The van der Waals surface area contributed by atoms with E-state index < -0.39 is 0 Å². The molecule has 2 amide bonds. The van der Waals surface area contributed by atoms with Gasteiger partial charge in [-0.1, -0.05) is 40.2 Å². The summed E-state index contributed by atoms with van der Waals surface area (Å²) in [5.74, 6) is -0.693. The highest BCUT2D eigenvalue weighted by molar-refractivity contribution is 9.10. The molecule has 0 heterocycles. The number of carbonyl (C=O) groups is 2. The lowest BCUT2D eigenvalue weighted by atomic mass is 10.1. The van der Waals surface area contributed by atoms with Crippen molar-refractivity contribution in [2.45, 2.75) is 13.8 Å². The number of amides is 2. The van der Waals surface area contributed by atoms with Crippen LogP contribution in [0.25, 0.3) is 0 Å². The lowest BCUT2D eigenvalue weighted by Gasteiger charge is -2.12. The Bertz CT molecular complexity index is 808. The zero-order valence-electron chi connectivity index (χ0n) is 13.1. The summed E-state index contributed by atoms with van der Waals surface area (Å²) < 4.78 is 0.835. The number of hydrazine groups is 1. The molecular weight excluding hydrogens is 390 g/mol. The summed E-state index contributed by atoms with van der Waals surface area (Å²) in [6.45, 7) is 3.77. The summed E-state index contributed by atoms with van der Waals surface area (Å²) >= 11 is 8.40. The number of benzene rings is 2. The van der Waals surface area contributed by atoms with Gasteiger partial charge in [-0.2, -0.15) is 0 Å². The van der Waals surface area contributed by atoms with E-state index in [4.69, 9.17) is 12.2 Å². The molecule has 0 spiro atoms. The molecule has 0 aliphatic rings. The van der Waals surface area contributed by atoms with Gasteiger partial charge in [0.1, 0.15) is 0 Å². The van der Waals surface area contributed by atoms with Gasteiger partial charge in [0, 0.05) is 15.6 Å². The molecule has 2 rings (SSSR count). The molecule has 0 aliphatic heterocycles. The average Bonchev–Trinajstić information content (AvgIpc) is 2.55. The second-order valence-electron chi connectivity index (χ2n) is 5.14. The summed E-state index contributed by atoms with van der Waals surface area (Å²) in [4.78, 5) is 24.2. The van der Waals surface area contributed by atoms with Gasteiger partial charge in [-0.05, 0) is 55.4 Å². The maximum Gasteiger partial charge on any atom is 0.269 e. The Labute approximate surface area is 153 Å². The van der Waals surface area contributed by atoms with Crippen molar-refractivity contribution >= 4 is 45.1 Å². The second-order valence-corrected chi connectivity index (χ2v) is 6.40. The largest absolute Gasteiger partial charge is 0.298 e. The average molecular weight is 406 g/mol. The van der Waals surface area contributed by atoms with Crippen LogP contribution in [0, 0.1) is 13.8 Å². The highest BCUT2D eigenvalue weighted by Gasteiger charge is 2.11. The molecule has 0 atom stereocenters. The van der Waals surface area contributed by atoms with Gasteiger partial charge in [0.2, 0.25) is 0 Å². The molecule has 0 unspecified atom stereocenters. The zero-order valence-corrected chi connectivity index (χ0v) is 15.5. The van der Waals surface area contributed by atoms with Gasteiger partial charge in [-0.25, -0.2) is 0 Å². The molecule has 0 fully saturated rings. The summed E-state index contributed by atoms with van der Waals surface area (Å²) in [5.41, 5.74) is 7.84. The molecule has 24 heavy (non-hydrogen) atoms. The van der Waals surface area contributed by atoms with E-state index in [1.807, 2.05) is 32.0 Å². The zero-order chi connectivity index (χ0) is 17.7. The molecule has 2 aromatic rings. The van der Waals surface area contributed by atoms with E-state index >= 15 is 0 Å². The summed E-state index contributed by atoms with van der Waals surface area (Å²) in [7, 11) is 0. The number of hydrogen-bond donors (Lipinski definition) is 3. The van der Waals surface area contributed by atoms with E-state index in [-0.39, 0.29) is 16.9 Å². The number of halogens is 1. The van der Waals surface area contributed by atoms with Crippen LogP contribution in [0.15, 0.2) is 46.9 Å². The Morgan fingerprint density at radius 1 is 0.958 bits per heavy atom. The van der Waals surface area contributed by atoms with Gasteiger partial charge in [0.05, 0.1) is 0 Å². The highest BCUT2D eigenvalue weighted by atomic mass is 79.9. The highest BCUT2D eigenvalue weighted by Crippen LogP contribution is 2.17. The fraction of sp³-hybridized carbons (Fsp3) is 0.118. The van der Waals surface area contributed by atoms with Gasteiger partial charge in [0.25, 0.3) is 11.8 Å². The normalized spacial score (nSPS) is 9.96. The molecule has 0 saturated carbocycles. The molecule has 0 aromatic heterocycles. The summed E-state index contributed by atoms with van der Waals surface area (Å²) in [5, 5.41) is 2.52. The smallest absolute Gasteiger partial charge is 0.269 e. The van der Waals surface area contributed by atoms with Crippen molar-refractivity contribution in [3.63, 3.8) is 0 Å². The molecule has 0 bridgehead atoms. The predicted octanol–water partition coefficient (Wildman–Crippen LogP) is 3.02. The Hall–Kier alpha value is -2.25. The van der Waals surface area contributed by atoms with E-state index in [9.17, 15) is 9.59 Å². The van der Waals surface area contributed by atoms with Crippen molar-refractivity contribution in [2.75, 3.05) is 0 Å². The van der Waals surface area contributed by atoms with Crippen LogP contribution in [0.5, 0.6) is 0 Å². The molecule has 0 radical (unpaired) electrons. The Morgan fingerprint density at radius 2 is 1.67 bits per heavy atom. The van der Waals surface area contributed by atoms with Crippen LogP contribution in [0.3, 0.4) is 0 Å². The molecule has 2 aromatic carbocycles. The first-order valence-electron chi connectivity index (χ1n) is 7.12. The van der Waals surface area contributed by atoms with Gasteiger partial charge in [-0.15, -0.1) is 0 Å². The molecule has 0 aliphatic carbocycles. The van der Waals surface area contributed by atoms with Gasteiger partial charge in [-0.3, -0.25) is 25.8 Å². The lowest BCUT2D eigenvalue weighted by Crippen LogP contribution is -2.48. The molecule has 3 N–H and O–H groups in total. The third-order valence-corrected chi connectivity index (χ3v) is 4.40. The van der Waals surface area contributed by atoms with E-state index in [1.54, 1.807) is 24.3 Å². The van der Waals surface area contributed by atoms with Crippen molar-refractivity contribution in [1.29, 1.82) is 0 Å². The predicted molar refractivity (Wildman–Crippen MR) is 101 cm³/mol. The Kier molecular flexibility index (Phi) is 6.05. The molecule has 124 valence electrons. The van der Waals surface area contributed by atoms with E-state index in [1.165, 1.54) is 0 Å². The first kappa shape index (κ1) is 18.1. The molecule has 7 heteroatoms. The quantitative estimate of drug-likeness (QED) is 0.530. The monoisotopic (exact) mass is 405 g/mol. The molecular formula is C17H16BrN3O2S. The minimum Gasteiger partial charge on any atom is -0.298 e. The number of rotatable bonds is 2. The van der Waals surface area contributed by atoms with Gasteiger partial charge >= 0.3 is 0 Å². The van der Waals surface area contributed by atoms with E-state index in [2.05, 4.69) is 32.1 Å². The maximum absolute atomic E-state index is 12.1. The van der Waals surface area contributed by atoms with Crippen molar-refractivity contribution in [3.05, 3.63) is 69.2 Å². The summed E-state index contributed by atoms with van der Waals surface area (Å²) in [6, 6.07) is 12.4. The van der Waals surface area contributed by atoms with Crippen LogP contribution in [-0.2, 0) is 0 Å². The van der Waals surface area contributed by atoms with Crippen LogP contribution in [0.4, 0.5) is 0 Å². The minimum absolute atomic E-state index is 0.0126. The maximum atomic E-state index is 12.1.